The number of hydrogen-bond donors (Lipinski definition) is 0. The van der Waals surface area contributed by atoms with E-state index in [4.69, 9.17) is 4.42 Å². The zero-order valence-electron chi connectivity index (χ0n) is 7.97. The first kappa shape index (κ1) is 9.85. The summed E-state index contributed by atoms with van der Waals surface area (Å²) in [7, 11) is 1.27. The van der Waals surface area contributed by atoms with Gasteiger partial charge in [-0.05, 0) is 11.4 Å². The van der Waals surface area contributed by atoms with Crippen molar-refractivity contribution in [2.45, 2.75) is 6.42 Å². The monoisotopic (exact) mass is 224 g/mol. The first-order chi connectivity index (χ1) is 7.29. The molecule has 2 aromatic rings. The van der Waals surface area contributed by atoms with Gasteiger partial charge >= 0.3 is 11.9 Å². The smallest absolute Gasteiger partial charge is 0.396 e. The van der Waals surface area contributed by atoms with Gasteiger partial charge in [0, 0.05) is 4.88 Å². The molecular formula is C9H8N2O3S. The number of rotatable bonds is 3. The van der Waals surface area contributed by atoms with Gasteiger partial charge in [0.1, 0.15) is 0 Å². The summed E-state index contributed by atoms with van der Waals surface area (Å²) in [6, 6.07) is 3.91. The number of aromatic nitrogens is 2. The first-order valence-electron chi connectivity index (χ1n) is 4.22. The molecule has 0 bridgehead atoms. The van der Waals surface area contributed by atoms with Crippen molar-refractivity contribution >= 4 is 17.3 Å². The third-order valence-electron chi connectivity index (χ3n) is 1.73. The molecule has 15 heavy (non-hydrogen) atoms. The molecule has 78 valence electrons. The van der Waals surface area contributed by atoms with Crippen molar-refractivity contribution in [3.63, 3.8) is 0 Å². The van der Waals surface area contributed by atoms with E-state index in [-0.39, 0.29) is 5.89 Å². The van der Waals surface area contributed by atoms with E-state index in [2.05, 4.69) is 14.9 Å². The Labute approximate surface area is 89.7 Å². The molecule has 0 amide bonds. The molecule has 0 saturated carbocycles. The van der Waals surface area contributed by atoms with Crippen LogP contribution in [0, 0.1) is 0 Å². The van der Waals surface area contributed by atoms with Gasteiger partial charge in [0.2, 0.25) is 5.89 Å². The van der Waals surface area contributed by atoms with Crippen LogP contribution in [-0.2, 0) is 11.2 Å². The van der Waals surface area contributed by atoms with Crippen LogP contribution in [0.4, 0.5) is 0 Å². The Hall–Kier alpha value is -1.69. The predicted octanol–water partition coefficient (Wildman–Crippen LogP) is 1.51. The molecule has 0 spiro atoms. The van der Waals surface area contributed by atoms with E-state index in [1.807, 2.05) is 17.5 Å². The van der Waals surface area contributed by atoms with Crippen LogP contribution in [0.2, 0.25) is 0 Å². The lowest BCUT2D eigenvalue weighted by Crippen LogP contribution is -2.00. The van der Waals surface area contributed by atoms with Crippen LogP contribution in [-0.4, -0.2) is 23.3 Å². The molecule has 0 aliphatic heterocycles. The van der Waals surface area contributed by atoms with Crippen LogP contribution in [0.1, 0.15) is 21.5 Å². The van der Waals surface area contributed by atoms with E-state index < -0.39 is 5.97 Å². The number of carbonyl (C=O) groups excluding carboxylic acids is 1. The maximum atomic E-state index is 11.0. The highest BCUT2D eigenvalue weighted by atomic mass is 32.1. The molecule has 2 aromatic heterocycles. The van der Waals surface area contributed by atoms with Gasteiger partial charge in [-0.15, -0.1) is 21.5 Å². The Morgan fingerprint density at radius 2 is 2.47 bits per heavy atom. The number of carbonyl (C=O) groups is 1. The summed E-state index contributed by atoms with van der Waals surface area (Å²) < 4.78 is 9.57. The highest BCUT2D eigenvalue weighted by molar-refractivity contribution is 7.09. The Balaban J connectivity index is 2.11. The van der Waals surface area contributed by atoms with E-state index in [0.29, 0.717) is 12.3 Å². The highest BCUT2D eigenvalue weighted by Gasteiger charge is 2.15. The second-order valence-corrected chi connectivity index (χ2v) is 3.78. The number of nitrogens with zero attached hydrogens (tertiary/aromatic N) is 2. The standard InChI is InChI=1S/C9H8N2O3S/c1-13-9(12)8-11-10-7(14-8)5-6-3-2-4-15-6/h2-4H,5H2,1H3. The number of hydrogen-bond acceptors (Lipinski definition) is 6. The third-order valence-corrected chi connectivity index (χ3v) is 2.61. The van der Waals surface area contributed by atoms with Crippen LogP contribution in [0.15, 0.2) is 21.9 Å². The van der Waals surface area contributed by atoms with Gasteiger partial charge in [-0.25, -0.2) is 4.79 Å². The number of esters is 1. The Kier molecular flexibility index (Phi) is 2.77. The Bertz CT molecular complexity index is 450. The predicted molar refractivity (Wildman–Crippen MR) is 52.8 cm³/mol. The molecule has 0 aromatic carbocycles. The van der Waals surface area contributed by atoms with E-state index in [1.165, 1.54) is 7.11 Å². The minimum Gasteiger partial charge on any atom is -0.462 e. The minimum absolute atomic E-state index is 0.107. The van der Waals surface area contributed by atoms with Crippen molar-refractivity contribution in [2.24, 2.45) is 0 Å². The fourth-order valence-electron chi connectivity index (χ4n) is 1.06. The summed E-state index contributed by atoms with van der Waals surface area (Å²) in [5.74, 6) is -0.304. The van der Waals surface area contributed by atoms with Gasteiger partial charge in [0.25, 0.3) is 0 Å². The van der Waals surface area contributed by atoms with Crippen LogP contribution < -0.4 is 0 Å². The summed E-state index contributed by atoms with van der Waals surface area (Å²) in [4.78, 5) is 12.1. The molecule has 5 nitrogen and oxygen atoms in total. The largest absolute Gasteiger partial charge is 0.462 e. The molecular weight excluding hydrogens is 216 g/mol. The van der Waals surface area contributed by atoms with Crippen LogP contribution in [0.3, 0.4) is 0 Å². The molecule has 6 heteroatoms. The normalized spacial score (nSPS) is 10.2. The first-order valence-corrected chi connectivity index (χ1v) is 5.10. The molecule has 2 heterocycles. The van der Waals surface area contributed by atoms with E-state index in [1.54, 1.807) is 11.3 Å². The molecule has 0 saturated heterocycles. The second kappa shape index (κ2) is 4.22. The van der Waals surface area contributed by atoms with Crippen molar-refractivity contribution in [1.29, 1.82) is 0 Å². The summed E-state index contributed by atoms with van der Waals surface area (Å²) in [6.45, 7) is 0. The summed E-state index contributed by atoms with van der Waals surface area (Å²) >= 11 is 1.60. The van der Waals surface area contributed by atoms with E-state index >= 15 is 0 Å². The van der Waals surface area contributed by atoms with Crippen LogP contribution >= 0.6 is 11.3 Å². The quantitative estimate of drug-likeness (QED) is 0.739. The zero-order chi connectivity index (χ0) is 10.7. The van der Waals surface area contributed by atoms with Crippen LogP contribution in [0.25, 0.3) is 0 Å². The summed E-state index contributed by atoms with van der Waals surface area (Å²) in [5.41, 5.74) is 0. The van der Waals surface area contributed by atoms with Gasteiger partial charge < -0.3 is 9.15 Å². The second-order valence-electron chi connectivity index (χ2n) is 2.75. The van der Waals surface area contributed by atoms with Gasteiger partial charge in [0.15, 0.2) is 0 Å². The van der Waals surface area contributed by atoms with Crippen molar-refractivity contribution in [3.05, 3.63) is 34.2 Å². The fraction of sp³-hybridized carbons (Fsp3) is 0.222. The lowest BCUT2D eigenvalue weighted by molar-refractivity contribution is 0.0554. The van der Waals surface area contributed by atoms with Crippen LogP contribution in [0.5, 0.6) is 0 Å². The van der Waals surface area contributed by atoms with Crippen molar-refractivity contribution < 1.29 is 13.9 Å². The van der Waals surface area contributed by atoms with E-state index in [0.717, 1.165) is 4.88 Å². The molecule has 0 radical (unpaired) electrons. The van der Waals surface area contributed by atoms with Gasteiger partial charge in [-0.1, -0.05) is 6.07 Å². The van der Waals surface area contributed by atoms with E-state index in [9.17, 15) is 4.79 Å². The topological polar surface area (TPSA) is 65.2 Å². The van der Waals surface area contributed by atoms with Gasteiger partial charge in [-0.3, -0.25) is 0 Å². The lowest BCUT2D eigenvalue weighted by atomic mass is 10.3. The van der Waals surface area contributed by atoms with Gasteiger partial charge in [-0.2, -0.15) is 0 Å². The number of thiophene rings is 1. The maximum Gasteiger partial charge on any atom is 0.396 e. The summed E-state index contributed by atoms with van der Waals surface area (Å²) in [5, 5.41) is 9.30. The Morgan fingerprint density at radius 3 is 3.13 bits per heavy atom. The maximum absolute atomic E-state index is 11.0. The molecule has 0 aliphatic carbocycles. The SMILES string of the molecule is COC(=O)c1nnc(Cc2cccs2)o1. The third kappa shape index (κ3) is 2.21. The van der Waals surface area contributed by atoms with Crippen molar-refractivity contribution in [1.82, 2.24) is 10.2 Å². The molecule has 0 N–H and O–H groups in total. The zero-order valence-corrected chi connectivity index (χ0v) is 8.78. The molecule has 0 atom stereocenters. The highest BCUT2D eigenvalue weighted by Crippen LogP contribution is 2.13. The van der Waals surface area contributed by atoms with Crippen molar-refractivity contribution in [3.8, 4) is 0 Å². The fourth-order valence-corrected chi connectivity index (χ4v) is 1.75. The average molecular weight is 224 g/mol. The summed E-state index contributed by atoms with van der Waals surface area (Å²) in [6.07, 6.45) is 0.543. The minimum atomic E-state index is -0.611. The molecule has 0 fully saturated rings. The number of methoxy groups -OCH3 is 1. The average Bonchev–Trinajstić information content (AvgIpc) is 2.88. The lowest BCUT2D eigenvalue weighted by Gasteiger charge is -1.90. The molecule has 0 unspecified atom stereocenters. The molecule has 2 rings (SSSR count). The number of ether oxygens (including phenoxy) is 1. The molecule has 0 aliphatic rings. The Morgan fingerprint density at radius 1 is 1.60 bits per heavy atom. The van der Waals surface area contributed by atoms with Crippen molar-refractivity contribution in [2.75, 3.05) is 7.11 Å². The van der Waals surface area contributed by atoms with Gasteiger partial charge in [0.05, 0.1) is 13.5 Å².